The Morgan fingerprint density at radius 1 is 1.25 bits per heavy atom. The Kier molecular flexibility index (Phi) is 3.62. The maximum atomic E-state index is 5.97. The van der Waals surface area contributed by atoms with Gasteiger partial charge in [-0.05, 0) is 38.3 Å². The largest absolute Gasteiger partial charge is 0.328 e. The van der Waals surface area contributed by atoms with Gasteiger partial charge in [0.15, 0.2) is 0 Å². The molecule has 1 aromatic carbocycles. The molecular formula is C14H22N2. The van der Waals surface area contributed by atoms with Crippen molar-refractivity contribution in [3.05, 3.63) is 35.9 Å². The molecule has 1 saturated heterocycles. The molecular weight excluding hydrogens is 196 g/mol. The molecule has 2 N–H and O–H groups in total. The Bertz CT molecular complexity index is 321. The van der Waals surface area contributed by atoms with Crippen LogP contribution in [0.5, 0.6) is 0 Å². The maximum Gasteiger partial charge on any atom is 0.0320 e. The van der Waals surface area contributed by atoms with E-state index in [1.165, 1.54) is 18.5 Å². The first-order valence-corrected chi connectivity index (χ1v) is 6.23. The van der Waals surface area contributed by atoms with E-state index in [1.54, 1.807) is 0 Å². The van der Waals surface area contributed by atoms with E-state index in [4.69, 9.17) is 5.73 Å². The van der Waals surface area contributed by atoms with E-state index in [0.717, 1.165) is 6.54 Å². The molecule has 2 nitrogen and oxygen atoms in total. The van der Waals surface area contributed by atoms with E-state index in [2.05, 4.69) is 49.1 Å². The lowest BCUT2D eigenvalue weighted by atomic mass is 10.0. The highest BCUT2D eigenvalue weighted by atomic mass is 15.2. The van der Waals surface area contributed by atoms with Crippen LogP contribution in [0.15, 0.2) is 30.3 Å². The van der Waals surface area contributed by atoms with Crippen molar-refractivity contribution < 1.29 is 0 Å². The number of hydrogen-bond acceptors (Lipinski definition) is 2. The molecule has 0 bridgehead atoms. The van der Waals surface area contributed by atoms with Gasteiger partial charge in [0.1, 0.15) is 0 Å². The average Bonchev–Trinajstić information content (AvgIpc) is 2.78. The van der Waals surface area contributed by atoms with Crippen LogP contribution in [0.2, 0.25) is 0 Å². The van der Waals surface area contributed by atoms with E-state index in [9.17, 15) is 0 Å². The highest BCUT2D eigenvalue weighted by Crippen LogP contribution is 2.28. The lowest BCUT2D eigenvalue weighted by molar-refractivity contribution is 0.248. The highest BCUT2D eigenvalue weighted by Gasteiger charge is 2.28. The van der Waals surface area contributed by atoms with Crippen molar-refractivity contribution in [3.63, 3.8) is 0 Å². The Morgan fingerprint density at radius 3 is 2.50 bits per heavy atom. The van der Waals surface area contributed by atoms with Crippen LogP contribution in [0.1, 0.15) is 31.9 Å². The fourth-order valence-electron chi connectivity index (χ4n) is 2.54. The van der Waals surface area contributed by atoms with Crippen LogP contribution in [-0.4, -0.2) is 24.0 Å². The van der Waals surface area contributed by atoms with Gasteiger partial charge in [-0.2, -0.15) is 0 Å². The summed E-state index contributed by atoms with van der Waals surface area (Å²) in [6.07, 6.45) is 1.24. The molecule has 2 rings (SSSR count). The zero-order valence-corrected chi connectivity index (χ0v) is 10.3. The van der Waals surface area contributed by atoms with E-state index >= 15 is 0 Å². The van der Waals surface area contributed by atoms with Gasteiger partial charge in [0.25, 0.3) is 0 Å². The van der Waals surface area contributed by atoms with Gasteiger partial charge in [0.05, 0.1) is 0 Å². The molecule has 16 heavy (non-hydrogen) atoms. The molecule has 1 aliphatic heterocycles. The SMILES string of the molecule is CC(N)[C@@H]1CCN(C(C)c2ccccc2)C1. The normalized spacial score (nSPS) is 25.6. The van der Waals surface area contributed by atoms with Crippen LogP contribution in [-0.2, 0) is 0 Å². The number of nitrogens with two attached hydrogens (primary N) is 1. The van der Waals surface area contributed by atoms with Crippen molar-refractivity contribution in [2.45, 2.75) is 32.4 Å². The van der Waals surface area contributed by atoms with Gasteiger partial charge in [-0.3, -0.25) is 4.90 Å². The first-order valence-electron chi connectivity index (χ1n) is 6.23. The molecule has 0 aliphatic carbocycles. The minimum absolute atomic E-state index is 0.327. The van der Waals surface area contributed by atoms with Gasteiger partial charge in [-0.15, -0.1) is 0 Å². The molecule has 2 unspecified atom stereocenters. The average molecular weight is 218 g/mol. The molecule has 1 aliphatic rings. The second-order valence-electron chi connectivity index (χ2n) is 4.99. The van der Waals surface area contributed by atoms with E-state index in [0.29, 0.717) is 18.0 Å². The quantitative estimate of drug-likeness (QED) is 0.844. The third-order valence-electron chi connectivity index (χ3n) is 3.83. The van der Waals surface area contributed by atoms with Crippen LogP contribution in [0.25, 0.3) is 0 Å². The van der Waals surface area contributed by atoms with Gasteiger partial charge < -0.3 is 5.73 Å². The summed E-state index contributed by atoms with van der Waals surface area (Å²) >= 11 is 0. The molecule has 1 fully saturated rings. The van der Waals surface area contributed by atoms with Gasteiger partial charge in [-0.25, -0.2) is 0 Å². The minimum Gasteiger partial charge on any atom is -0.328 e. The molecule has 3 atom stereocenters. The summed E-state index contributed by atoms with van der Waals surface area (Å²) in [5, 5.41) is 0. The zero-order valence-electron chi connectivity index (χ0n) is 10.3. The summed E-state index contributed by atoms with van der Waals surface area (Å²) in [7, 11) is 0. The second-order valence-corrected chi connectivity index (χ2v) is 4.99. The predicted octanol–water partition coefficient (Wildman–Crippen LogP) is 2.42. The summed E-state index contributed by atoms with van der Waals surface area (Å²) in [6, 6.07) is 11.6. The van der Waals surface area contributed by atoms with Crippen LogP contribution in [0.3, 0.4) is 0 Å². The molecule has 88 valence electrons. The first kappa shape index (κ1) is 11.6. The van der Waals surface area contributed by atoms with Crippen molar-refractivity contribution in [1.29, 1.82) is 0 Å². The molecule has 1 aromatic rings. The number of nitrogens with zero attached hydrogens (tertiary/aromatic N) is 1. The third kappa shape index (κ3) is 2.45. The minimum atomic E-state index is 0.327. The van der Waals surface area contributed by atoms with E-state index in [1.807, 2.05) is 0 Å². The Hall–Kier alpha value is -0.860. The Balaban J connectivity index is 2.00. The number of hydrogen-bond donors (Lipinski definition) is 1. The van der Waals surface area contributed by atoms with Crippen LogP contribution in [0, 0.1) is 5.92 Å². The molecule has 0 radical (unpaired) electrons. The molecule has 0 aromatic heterocycles. The van der Waals surface area contributed by atoms with Crippen molar-refractivity contribution in [2.75, 3.05) is 13.1 Å². The maximum absolute atomic E-state index is 5.97. The summed E-state index contributed by atoms with van der Waals surface area (Å²) in [6.45, 7) is 6.75. The number of likely N-dealkylation sites (tertiary alicyclic amines) is 1. The van der Waals surface area contributed by atoms with Crippen LogP contribution >= 0.6 is 0 Å². The predicted molar refractivity (Wildman–Crippen MR) is 68.2 cm³/mol. The summed E-state index contributed by atoms with van der Waals surface area (Å²) in [5.74, 6) is 0.672. The van der Waals surface area contributed by atoms with Gasteiger partial charge in [0.2, 0.25) is 0 Å². The first-order chi connectivity index (χ1) is 7.68. The lowest BCUT2D eigenvalue weighted by Gasteiger charge is -2.25. The van der Waals surface area contributed by atoms with Crippen molar-refractivity contribution >= 4 is 0 Å². The topological polar surface area (TPSA) is 29.3 Å². The summed E-state index contributed by atoms with van der Waals surface area (Å²) < 4.78 is 0. The van der Waals surface area contributed by atoms with Gasteiger partial charge >= 0.3 is 0 Å². The Labute approximate surface area is 98.4 Å². The molecule has 0 spiro atoms. The fraction of sp³-hybridized carbons (Fsp3) is 0.571. The van der Waals surface area contributed by atoms with E-state index in [-0.39, 0.29) is 0 Å². The molecule has 0 saturated carbocycles. The van der Waals surface area contributed by atoms with Crippen molar-refractivity contribution in [3.8, 4) is 0 Å². The number of rotatable bonds is 3. The number of benzene rings is 1. The summed E-state index contributed by atoms with van der Waals surface area (Å²) in [4.78, 5) is 2.54. The van der Waals surface area contributed by atoms with Crippen molar-refractivity contribution in [1.82, 2.24) is 4.90 Å². The van der Waals surface area contributed by atoms with Crippen LogP contribution in [0.4, 0.5) is 0 Å². The summed E-state index contributed by atoms with van der Waals surface area (Å²) in [5.41, 5.74) is 7.38. The molecule has 2 heteroatoms. The zero-order chi connectivity index (χ0) is 11.5. The van der Waals surface area contributed by atoms with Gasteiger partial charge in [0, 0.05) is 18.6 Å². The third-order valence-corrected chi connectivity index (χ3v) is 3.83. The second kappa shape index (κ2) is 4.98. The molecule has 1 heterocycles. The smallest absolute Gasteiger partial charge is 0.0320 e. The van der Waals surface area contributed by atoms with E-state index < -0.39 is 0 Å². The Morgan fingerprint density at radius 2 is 1.94 bits per heavy atom. The standard InChI is InChI=1S/C14H22N2/c1-11(15)14-8-9-16(10-14)12(2)13-6-4-3-5-7-13/h3-7,11-12,14H,8-10,15H2,1-2H3/t11?,12?,14-/m1/s1. The van der Waals surface area contributed by atoms with Crippen LogP contribution < -0.4 is 5.73 Å². The fourth-order valence-corrected chi connectivity index (χ4v) is 2.54. The van der Waals surface area contributed by atoms with Gasteiger partial charge in [-0.1, -0.05) is 30.3 Å². The van der Waals surface area contributed by atoms with Crippen molar-refractivity contribution in [2.24, 2.45) is 11.7 Å². The highest BCUT2D eigenvalue weighted by molar-refractivity contribution is 5.18. The monoisotopic (exact) mass is 218 g/mol. The lowest BCUT2D eigenvalue weighted by Crippen LogP contribution is -2.30. The molecule has 0 amide bonds.